The van der Waals surface area contributed by atoms with Crippen LogP contribution in [-0.2, 0) is 13.6 Å². The molecule has 6 rings (SSSR count). The summed E-state index contributed by atoms with van der Waals surface area (Å²) >= 11 is 0. The molecule has 36 heavy (non-hydrogen) atoms. The third-order valence-corrected chi connectivity index (χ3v) is 6.69. The van der Waals surface area contributed by atoms with Gasteiger partial charge in [-0.25, -0.2) is 9.37 Å². The molecule has 0 unspecified atom stereocenters. The molecule has 9 heteroatoms. The fraction of sp³-hybridized carbons (Fsp3) is 0.259. The van der Waals surface area contributed by atoms with Crippen molar-refractivity contribution in [2.24, 2.45) is 7.05 Å². The van der Waals surface area contributed by atoms with Gasteiger partial charge in [0.25, 0.3) is 0 Å². The molecule has 1 aliphatic carbocycles. The molecule has 0 bridgehead atoms. The zero-order chi connectivity index (χ0) is 24.6. The highest BCUT2D eigenvalue weighted by Crippen LogP contribution is 2.34. The van der Waals surface area contributed by atoms with Gasteiger partial charge in [0.05, 0.1) is 11.8 Å². The standard InChI is InChI=1S/C27H25FN6O2/c1-34-15-30-33-26(34)21-13-18(28)8-10-20(21)16-4-2-5-17(12-16)27-32-25-24(36-27)11-9-19(31-25)14-29-22-6-3-7-23(22)35/h2,4-5,8-13,15,22-23,29,35H,3,6-7,14H2,1H3/t22-,23+/m1/s1. The number of aliphatic hydroxyl groups excluding tert-OH is 1. The first-order chi connectivity index (χ1) is 17.5. The van der Waals surface area contributed by atoms with Crippen LogP contribution in [0.15, 0.2) is 65.3 Å². The van der Waals surface area contributed by atoms with Gasteiger partial charge in [-0.1, -0.05) is 18.2 Å². The van der Waals surface area contributed by atoms with Crippen molar-refractivity contribution < 1.29 is 13.9 Å². The summed E-state index contributed by atoms with van der Waals surface area (Å²) in [5, 5.41) is 21.5. The molecule has 0 amide bonds. The van der Waals surface area contributed by atoms with Gasteiger partial charge in [-0.15, -0.1) is 10.2 Å². The van der Waals surface area contributed by atoms with Crippen LogP contribution < -0.4 is 5.32 Å². The second-order valence-electron chi connectivity index (χ2n) is 9.17. The van der Waals surface area contributed by atoms with E-state index in [-0.39, 0.29) is 18.0 Å². The SMILES string of the molecule is Cn1cnnc1-c1cc(F)ccc1-c1cccc(-c2nc3nc(CN[C@@H]4CCC[C@@H]4O)ccc3o2)c1. The quantitative estimate of drug-likeness (QED) is 0.366. The normalized spacial score (nSPS) is 17.8. The molecule has 8 nitrogen and oxygen atoms in total. The van der Waals surface area contributed by atoms with Gasteiger partial charge in [0.1, 0.15) is 12.1 Å². The van der Waals surface area contributed by atoms with Gasteiger partial charge in [-0.05, 0) is 66.8 Å². The lowest BCUT2D eigenvalue weighted by Gasteiger charge is -2.15. The Morgan fingerprint density at radius 1 is 1.06 bits per heavy atom. The number of nitrogens with one attached hydrogen (secondary N) is 1. The summed E-state index contributed by atoms with van der Waals surface area (Å²) in [5.41, 5.74) is 5.11. The summed E-state index contributed by atoms with van der Waals surface area (Å²) in [7, 11) is 1.82. The maximum absolute atomic E-state index is 14.1. The van der Waals surface area contributed by atoms with Crippen molar-refractivity contribution in [3.8, 4) is 34.0 Å². The predicted octanol–water partition coefficient (Wildman–Crippen LogP) is 4.49. The first-order valence-corrected chi connectivity index (χ1v) is 12.0. The number of fused-ring (bicyclic) bond motifs is 1. The van der Waals surface area contributed by atoms with E-state index in [9.17, 15) is 9.50 Å². The minimum absolute atomic E-state index is 0.107. The molecule has 2 N–H and O–H groups in total. The summed E-state index contributed by atoms with van der Waals surface area (Å²) in [6, 6.07) is 16.3. The molecule has 0 spiro atoms. The lowest BCUT2D eigenvalue weighted by atomic mass is 9.97. The van der Waals surface area contributed by atoms with Crippen LogP contribution in [0.1, 0.15) is 25.0 Å². The Kier molecular flexibility index (Phi) is 5.79. The second kappa shape index (κ2) is 9.25. The van der Waals surface area contributed by atoms with Crippen molar-refractivity contribution in [2.75, 3.05) is 0 Å². The molecule has 2 aromatic carbocycles. The molecule has 5 aromatic rings. The van der Waals surface area contributed by atoms with E-state index in [1.54, 1.807) is 17.0 Å². The topological polar surface area (TPSA) is 102 Å². The highest BCUT2D eigenvalue weighted by Gasteiger charge is 2.24. The molecule has 1 aliphatic rings. The van der Waals surface area contributed by atoms with E-state index in [0.717, 1.165) is 41.6 Å². The molecule has 3 heterocycles. The van der Waals surface area contributed by atoms with Gasteiger partial charge < -0.3 is 19.4 Å². The van der Waals surface area contributed by atoms with Crippen LogP contribution in [0.25, 0.3) is 45.2 Å². The lowest BCUT2D eigenvalue weighted by molar-refractivity contribution is 0.148. The number of aryl methyl sites for hydroxylation is 1. The maximum atomic E-state index is 14.1. The van der Waals surface area contributed by atoms with E-state index in [4.69, 9.17) is 4.42 Å². The van der Waals surface area contributed by atoms with Crippen LogP contribution in [0.2, 0.25) is 0 Å². The predicted molar refractivity (Wildman–Crippen MR) is 133 cm³/mol. The zero-order valence-electron chi connectivity index (χ0n) is 19.7. The van der Waals surface area contributed by atoms with E-state index >= 15 is 0 Å². The van der Waals surface area contributed by atoms with Crippen molar-refractivity contribution >= 4 is 11.2 Å². The summed E-state index contributed by atoms with van der Waals surface area (Å²) in [6.45, 7) is 0.560. The van der Waals surface area contributed by atoms with E-state index in [1.165, 1.54) is 12.1 Å². The Morgan fingerprint density at radius 2 is 1.94 bits per heavy atom. The van der Waals surface area contributed by atoms with Gasteiger partial charge in [-0.3, -0.25) is 0 Å². The van der Waals surface area contributed by atoms with Gasteiger partial charge in [0.15, 0.2) is 17.1 Å². The average Bonchev–Trinajstić information content (AvgIpc) is 3.62. The number of aliphatic hydroxyl groups is 1. The van der Waals surface area contributed by atoms with Gasteiger partial charge >= 0.3 is 0 Å². The van der Waals surface area contributed by atoms with Crippen LogP contribution in [0.3, 0.4) is 0 Å². The average molecular weight is 485 g/mol. The van der Waals surface area contributed by atoms with Crippen molar-refractivity contribution in [3.05, 3.63) is 72.4 Å². The molecular weight excluding hydrogens is 459 g/mol. The molecule has 0 radical (unpaired) electrons. The van der Waals surface area contributed by atoms with E-state index in [1.807, 2.05) is 43.4 Å². The first kappa shape index (κ1) is 22.5. The Bertz CT molecular complexity index is 1540. The molecular formula is C27H25FN6O2. The van der Waals surface area contributed by atoms with Crippen molar-refractivity contribution in [1.29, 1.82) is 0 Å². The number of hydrogen-bond donors (Lipinski definition) is 2. The number of benzene rings is 2. The lowest BCUT2D eigenvalue weighted by Crippen LogP contribution is -2.35. The largest absolute Gasteiger partial charge is 0.434 e. The molecule has 182 valence electrons. The van der Waals surface area contributed by atoms with Crippen molar-refractivity contribution in [3.63, 3.8) is 0 Å². The Morgan fingerprint density at radius 3 is 2.75 bits per heavy atom. The number of nitrogens with zero attached hydrogens (tertiary/aromatic N) is 5. The Labute approximate surface area is 206 Å². The third kappa shape index (κ3) is 4.27. The van der Waals surface area contributed by atoms with Crippen molar-refractivity contribution in [1.82, 2.24) is 30.0 Å². The van der Waals surface area contributed by atoms with Crippen LogP contribution >= 0.6 is 0 Å². The van der Waals surface area contributed by atoms with Crippen molar-refractivity contribution in [2.45, 2.75) is 38.0 Å². The van der Waals surface area contributed by atoms with Gasteiger partial charge in [-0.2, -0.15) is 4.98 Å². The summed E-state index contributed by atoms with van der Waals surface area (Å²) in [4.78, 5) is 9.28. The molecule has 0 saturated heterocycles. The fourth-order valence-electron chi connectivity index (χ4n) is 4.79. The summed E-state index contributed by atoms with van der Waals surface area (Å²) < 4.78 is 21.9. The second-order valence-corrected chi connectivity index (χ2v) is 9.17. The summed E-state index contributed by atoms with van der Waals surface area (Å²) in [6.07, 6.45) is 4.14. The molecule has 3 aromatic heterocycles. The van der Waals surface area contributed by atoms with Crippen LogP contribution in [0, 0.1) is 5.82 Å². The van der Waals surface area contributed by atoms with E-state index in [2.05, 4.69) is 25.5 Å². The van der Waals surface area contributed by atoms with Gasteiger partial charge in [0, 0.05) is 30.8 Å². The highest BCUT2D eigenvalue weighted by molar-refractivity contribution is 5.83. The van der Waals surface area contributed by atoms with Crippen LogP contribution in [-0.4, -0.2) is 42.0 Å². The highest BCUT2D eigenvalue weighted by atomic mass is 19.1. The minimum Gasteiger partial charge on any atom is -0.434 e. The minimum atomic E-state index is -0.342. The van der Waals surface area contributed by atoms with Crippen LogP contribution in [0.5, 0.6) is 0 Å². The number of aromatic nitrogens is 5. The van der Waals surface area contributed by atoms with E-state index < -0.39 is 0 Å². The Balaban J connectivity index is 1.31. The number of pyridine rings is 1. The number of halogens is 1. The monoisotopic (exact) mass is 484 g/mol. The third-order valence-electron chi connectivity index (χ3n) is 6.69. The molecule has 2 atom stereocenters. The molecule has 0 aliphatic heterocycles. The number of rotatable bonds is 6. The van der Waals surface area contributed by atoms with E-state index in [0.29, 0.717) is 35.1 Å². The maximum Gasteiger partial charge on any atom is 0.228 e. The molecule has 1 saturated carbocycles. The Hall–Kier alpha value is -3.95. The smallest absolute Gasteiger partial charge is 0.228 e. The molecule has 1 fully saturated rings. The van der Waals surface area contributed by atoms with Crippen LogP contribution in [0.4, 0.5) is 4.39 Å². The first-order valence-electron chi connectivity index (χ1n) is 12.0. The fourth-order valence-corrected chi connectivity index (χ4v) is 4.79. The zero-order valence-corrected chi connectivity index (χ0v) is 19.7. The summed E-state index contributed by atoms with van der Waals surface area (Å²) in [5.74, 6) is 0.691. The number of oxazole rings is 1. The van der Waals surface area contributed by atoms with Gasteiger partial charge in [0.2, 0.25) is 5.89 Å². The number of hydrogen-bond acceptors (Lipinski definition) is 7.